The third-order valence-corrected chi connectivity index (χ3v) is 1.54. The predicted octanol–water partition coefficient (Wildman–Crippen LogP) is 1.14. The van der Waals surface area contributed by atoms with Crippen LogP contribution < -0.4 is 0 Å². The molecule has 1 heterocycles. The molecule has 0 aromatic rings. The van der Waals surface area contributed by atoms with Gasteiger partial charge in [0.25, 0.3) is 0 Å². The van der Waals surface area contributed by atoms with E-state index >= 15 is 0 Å². The van der Waals surface area contributed by atoms with E-state index in [-0.39, 0.29) is 11.9 Å². The van der Waals surface area contributed by atoms with E-state index in [2.05, 4.69) is 0 Å². The van der Waals surface area contributed by atoms with Crippen LogP contribution >= 0.6 is 0 Å². The molecule has 0 amide bonds. The summed E-state index contributed by atoms with van der Waals surface area (Å²) in [6.45, 7) is 2.46. The maximum Gasteiger partial charge on any atom is 0.132 e. The quantitative estimate of drug-likeness (QED) is 0.557. The molecule has 2 heteroatoms. The molecule has 1 aliphatic heterocycles. The van der Waals surface area contributed by atoms with Gasteiger partial charge in [0.05, 0.1) is 6.10 Å². The molecule has 1 aliphatic rings. The fourth-order valence-electron chi connectivity index (χ4n) is 1.13. The van der Waals surface area contributed by atoms with Crippen molar-refractivity contribution >= 4 is 5.78 Å². The third kappa shape index (κ3) is 2.14. The fourth-order valence-corrected chi connectivity index (χ4v) is 1.13. The topological polar surface area (TPSA) is 26.3 Å². The minimum Gasteiger partial charge on any atom is -0.378 e. The van der Waals surface area contributed by atoms with E-state index in [0.29, 0.717) is 6.42 Å². The molecule has 52 valence electrons. The highest BCUT2D eigenvalue weighted by molar-refractivity contribution is 5.75. The van der Waals surface area contributed by atoms with Gasteiger partial charge in [-0.15, -0.1) is 0 Å². The van der Waals surface area contributed by atoms with Gasteiger partial charge < -0.3 is 4.74 Å². The molecule has 1 rings (SSSR count). The van der Waals surface area contributed by atoms with Crippen LogP contribution in [0.25, 0.3) is 0 Å². The van der Waals surface area contributed by atoms with Crippen molar-refractivity contribution in [3.8, 4) is 0 Å². The SMILES string of the molecule is CC(=O)C[C@H]1CCCO1. The van der Waals surface area contributed by atoms with E-state index < -0.39 is 0 Å². The molecule has 0 aliphatic carbocycles. The Morgan fingerprint density at radius 3 is 3.00 bits per heavy atom. The highest BCUT2D eigenvalue weighted by Gasteiger charge is 2.16. The van der Waals surface area contributed by atoms with Gasteiger partial charge in [-0.3, -0.25) is 4.79 Å². The summed E-state index contributed by atoms with van der Waals surface area (Å²) in [5.74, 6) is 0.238. The first-order valence-corrected chi connectivity index (χ1v) is 3.40. The van der Waals surface area contributed by atoms with Crippen molar-refractivity contribution in [1.82, 2.24) is 0 Å². The molecular weight excluding hydrogens is 116 g/mol. The van der Waals surface area contributed by atoms with E-state index in [0.717, 1.165) is 19.4 Å². The second-order valence-corrected chi connectivity index (χ2v) is 2.54. The molecule has 0 radical (unpaired) electrons. The summed E-state index contributed by atoms with van der Waals surface area (Å²) in [6.07, 6.45) is 3.04. The Morgan fingerprint density at radius 1 is 1.78 bits per heavy atom. The summed E-state index contributed by atoms with van der Waals surface area (Å²) < 4.78 is 5.24. The number of rotatable bonds is 2. The van der Waals surface area contributed by atoms with Crippen LogP contribution in [0.3, 0.4) is 0 Å². The molecule has 0 unspecified atom stereocenters. The molecule has 0 bridgehead atoms. The predicted molar refractivity (Wildman–Crippen MR) is 34.3 cm³/mol. The number of Topliss-reactive ketones (excluding diaryl/α,β-unsaturated/α-hetero) is 1. The van der Waals surface area contributed by atoms with Crippen LogP contribution in [-0.4, -0.2) is 18.5 Å². The molecular formula is C7H12O2. The number of ketones is 1. The van der Waals surface area contributed by atoms with Crippen LogP contribution in [0, 0.1) is 0 Å². The zero-order valence-corrected chi connectivity index (χ0v) is 5.72. The van der Waals surface area contributed by atoms with Gasteiger partial charge in [0.1, 0.15) is 5.78 Å². The summed E-state index contributed by atoms with van der Waals surface area (Å²) in [5.41, 5.74) is 0. The number of hydrogen-bond acceptors (Lipinski definition) is 2. The summed E-state index contributed by atoms with van der Waals surface area (Å²) in [6, 6.07) is 0. The first-order valence-electron chi connectivity index (χ1n) is 3.40. The van der Waals surface area contributed by atoms with Gasteiger partial charge in [-0.1, -0.05) is 0 Å². The van der Waals surface area contributed by atoms with Gasteiger partial charge in [0.15, 0.2) is 0 Å². The van der Waals surface area contributed by atoms with Crippen LogP contribution in [0.15, 0.2) is 0 Å². The monoisotopic (exact) mass is 128 g/mol. The van der Waals surface area contributed by atoms with Gasteiger partial charge in [0.2, 0.25) is 0 Å². The van der Waals surface area contributed by atoms with Crippen molar-refractivity contribution in [2.75, 3.05) is 6.61 Å². The molecule has 0 aromatic heterocycles. The normalized spacial score (nSPS) is 26.6. The lowest BCUT2D eigenvalue weighted by molar-refractivity contribution is -0.119. The molecule has 0 aromatic carbocycles. The lowest BCUT2D eigenvalue weighted by atomic mass is 10.1. The van der Waals surface area contributed by atoms with Crippen molar-refractivity contribution in [2.45, 2.75) is 32.3 Å². The number of carbonyl (C=O) groups is 1. The molecule has 2 nitrogen and oxygen atoms in total. The molecule has 1 fully saturated rings. The van der Waals surface area contributed by atoms with Gasteiger partial charge >= 0.3 is 0 Å². The Morgan fingerprint density at radius 2 is 2.56 bits per heavy atom. The first kappa shape index (κ1) is 6.75. The van der Waals surface area contributed by atoms with Crippen molar-refractivity contribution in [3.05, 3.63) is 0 Å². The number of carbonyl (C=O) groups excluding carboxylic acids is 1. The fraction of sp³-hybridized carbons (Fsp3) is 0.857. The average molecular weight is 128 g/mol. The van der Waals surface area contributed by atoms with Crippen LogP contribution in [0.2, 0.25) is 0 Å². The molecule has 1 saturated heterocycles. The highest BCUT2D eigenvalue weighted by atomic mass is 16.5. The Hall–Kier alpha value is -0.370. The Balaban J connectivity index is 2.19. The molecule has 0 spiro atoms. The van der Waals surface area contributed by atoms with Crippen molar-refractivity contribution in [3.63, 3.8) is 0 Å². The molecule has 0 saturated carbocycles. The van der Waals surface area contributed by atoms with Crippen LogP contribution in [0.5, 0.6) is 0 Å². The van der Waals surface area contributed by atoms with E-state index in [9.17, 15) is 4.79 Å². The van der Waals surface area contributed by atoms with Crippen molar-refractivity contribution in [1.29, 1.82) is 0 Å². The van der Waals surface area contributed by atoms with Crippen molar-refractivity contribution < 1.29 is 9.53 Å². The van der Waals surface area contributed by atoms with Crippen LogP contribution in [0.4, 0.5) is 0 Å². The minimum atomic E-state index is 0.238. The summed E-state index contributed by atoms with van der Waals surface area (Å²) in [5, 5.41) is 0. The van der Waals surface area contributed by atoms with E-state index in [1.165, 1.54) is 0 Å². The zero-order valence-electron chi connectivity index (χ0n) is 5.72. The summed E-state index contributed by atoms with van der Waals surface area (Å²) in [4.78, 5) is 10.5. The van der Waals surface area contributed by atoms with E-state index in [1.807, 2.05) is 0 Å². The maximum atomic E-state index is 10.5. The van der Waals surface area contributed by atoms with Gasteiger partial charge in [-0.2, -0.15) is 0 Å². The molecule has 0 N–H and O–H groups in total. The number of ether oxygens (including phenoxy) is 1. The summed E-state index contributed by atoms with van der Waals surface area (Å²) in [7, 11) is 0. The van der Waals surface area contributed by atoms with Crippen molar-refractivity contribution in [2.24, 2.45) is 0 Å². The first-order chi connectivity index (χ1) is 4.29. The average Bonchev–Trinajstić information content (AvgIpc) is 2.15. The minimum absolute atomic E-state index is 0.238. The Labute approximate surface area is 55.2 Å². The van der Waals surface area contributed by atoms with Gasteiger partial charge in [-0.25, -0.2) is 0 Å². The smallest absolute Gasteiger partial charge is 0.132 e. The second-order valence-electron chi connectivity index (χ2n) is 2.54. The largest absolute Gasteiger partial charge is 0.378 e. The molecule has 1 atom stereocenters. The zero-order chi connectivity index (χ0) is 6.69. The lowest BCUT2D eigenvalue weighted by Crippen LogP contribution is -2.09. The second kappa shape index (κ2) is 2.97. The van der Waals surface area contributed by atoms with Crippen LogP contribution in [-0.2, 0) is 9.53 Å². The van der Waals surface area contributed by atoms with Gasteiger partial charge in [-0.05, 0) is 19.8 Å². The van der Waals surface area contributed by atoms with E-state index in [1.54, 1.807) is 6.92 Å². The third-order valence-electron chi connectivity index (χ3n) is 1.54. The van der Waals surface area contributed by atoms with Gasteiger partial charge in [0, 0.05) is 13.0 Å². The summed E-state index contributed by atoms with van der Waals surface area (Å²) >= 11 is 0. The Bertz CT molecular complexity index is 103. The standard InChI is InChI=1S/C7H12O2/c1-6(8)5-7-3-2-4-9-7/h7H,2-5H2,1H3/t7-/m1/s1. The Kier molecular flexibility index (Phi) is 2.22. The van der Waals surface area contributed by atoms with E-state index in [4.69, 9.17) is 4.74 Å². The van der Waals surface area contributed by atoms with Crippen LogP contribution in [0.1, 0.15) is 26.2 Å². The lowest BCUT2D eigenvalue weighted by Gasteiger charge is -2.03. The molecule has 9 heavy (non-hydrogen) atoms. The number of hydrogen-bond donors (Lipinski definition) is 0. The maximum absolute atomic E-state index is 10.5. The highest BCUT2D eigenvalue weighted by Crippen LogP contribution is 2.14.